The largest absolute Gasteiger partial charge is 0.494 e. The summed E-state index contributed by atoms with van der Waals surface area (Å²) < 4.78 is 18.7. The van der Waals surface area contributed by atoms with Gasteiger partial charge in [0.1, 0.15) is 0 Å². The van der Waals surface area contributed by atoms with Crippen LogP contribution in [0.1, 0.15) is 54.0 Å². The van der Waals surface area contributed by atoms with Crippen molar-refractivity contribution in [3.05, 3.63) is 36.0 Å². The molecular formula is C23H36BNO3Si. The van der Waals surface area contributed by atoms with Gasteiger partial charge in [-0.15, -0.1) is 0 Å². The number of pyridine rings is 1. The van der Waals surface area contributed by atoms with Crippen molar-refractivity contribution in [3.63, 3.8) is 0 Å². The highest BCUT2D eigenvalue weighted by molar-refractivity contribution is 6.74. The molecule has 0 saturated carbocycles. The topological polar surface area (TPSA) is 40.6 Å². The van der Waals surface area contributed by atoms with Gasteiger partial charge in [-0.3, -0.25) is 4.98 Å². The van der Waals surface area contributed by atoms with E-state index in [1.807, 2.05) is 12.3 Å². The number of benzene rings is 1. The van der Waals surface area contributed by atoms with Crippen LogP contribution in [0.2, 0.25) is 18.1 Å². The molecule has 2 heterocycles. The summed E-state index contributed by atoms with van der Waals surface area (Å²) in [4.78, 5) is 4.64. The predicted octanol–water partition coefficient (Wildman–Crippen LogP) is 5.10. The summed E-state index contributed by atoms with van der Waals surface area (Å²) in [6.07, 6.45) is 2.84. The Bertz CT molecular complexity index is 873. The van der Waals surface area contributed by atoms with Crippen molar-refractivity contribution in [1.29, 1.82) is 0 Å². The van der Waals surface area contributed by atoms with Crippen molar-refractivity contribution < 1.29 is 13.7 Å². The molecule has 0 N–H and O–H groups in total. The Morgan fingerprint density at radius 1 is 1.03 bits per heavy atom. The number of hydrogen-bond donors (Lipinski definition) is 0. The van der Waals surface area contributed by atoms with E-state index in [-0.39, 0.29) is 23.4 Å². The summed E-state index contributed by atoms with van der Waals surface area (Å²) in [7, 11) is -2.07. The van der Waals surface area contributed by atoms with Gasteiger partial charge in [-0.1, -0.05) is 32.9 Å². The average molecular weight is 413 g/mol. The van der Waals surface area contributed by atoms with Crippen molar-refractivity contribution >= 4 is 31.8 Å². The van der Waals surface area contributed by atoms with Crippen molar-refractivity contribution in [2.45, 2.75) is 84.2 Å². The van der Waals surface area contributed by atoms with Crippen molar-refractivity contribution in [3.8, 4) is 0 Å². The molecule has 3 rings (SSSR count). The minimum absolute atomic E-state index is 0.229. The number of fused-ring (bicyclic) bond motifs is 1. The standard InChI is InChI=1S/C23H36BNO3Si/c1-21(2,3)29(8,9)26-13-12-17-14-18-15-19(10-11-20(18)25-16-17)24-27-22(4,5)23(6,7)28-24/h10-11,14-16H,12-13H2,1-9H3. The quantitative estimate of drug-likeness (QED) is 0.640. The Morgan fingerprint density at radius 2 is 1.66 bits per heavy atom. The maximum absolute atomic E-state index is 6.33. The third-order valence-corrected chi connectivity index (χ3v) is 11.5. The second-order valence-corrected chi connectivity index (χ2v) is 15.6. The van der Waals surface area contributed by atoms with Crippen LogP contribution in [-0.4, -0.2) is 38.2 Å². The molecule has 0 radical (unpaired) electrons. The zero-order valence-electron chi connectivity index (χ0n) is 19.6. The van der Waals surface area contributed by atoms with Crippen LogP contribution in [0, 0.1) is 0 Å². The lowest BCUT2D eigenvalue weighted by Crippen LogP contribution is -2.41. The predicted molar refractivity (Wildman–Crippen MR) is 124 cm³/mol. The molecule has 158 valence electrons. The molecule has 0 aliphatic carbocycles. The highest BCUT2D eigenvalue weighted by Crippen LogP contribution is 2.37. The Hall–Kier alpha value is -1.21. The molecule has 1 aromatic carbocycles. The summed E-state index contributed by atoms with van der Waals surface area (Å²) in [6, 6.07) is 8.46. The second-order valence-electron chi connectivity index (χ2n) is 10.7. The van der Waals surface area contributed by atoms with E-state index < -0.39 is 8.32 Å². The van der Waals surface area contributed by atoms with Gasteiger partial charge in [0.05, 0.1) is 16.7 Å². The summed E-state index contributed by atoms with van der Waals surface area (Å²) in [6.45, 7) is 20.5. The highest BCUT2D eigenvalue weighted by Gasteiger charge is 2.51. The lowest BCUT2D eigenvalue weighted by Gasteiger charge is -2.36. The molecule has 2 aromatic rings. The van der Waals surface area contributed by atoms with E-state index in [0.29, 0.717) is 0 Å². The summed E-state index contributed by atoms with van der Waals surface area (Å²) >= 11 is 0. The van der Waals surface area contributed by atoms with Crippen LogP contribution in [0.5, 0.6) is 0 Å². The van der Waals surface area contributed by atoms with Crippen LogP contribution >= 0.6 is 0 Å². The van der Waals surface area contributed by atoms with Crippen LogP contribution < -0.4 is 5.46 Å². The molecule has 0 spiro atoms. The monoisotopic (exact) mass is 413 g/mol. The van der Waals surface area contributed by atoms with Crippen LogP contribution in [0.3, 0.4) is 0 Å². The molecular weight excluding hydrogens is 377 g/mol. The first kappa shape index (κ1) is 22.5. The molecule has 1 fully saturated rings. The number of hydrogen-bond acceptors (Lipinski definition) is 4. The maximum atomic E-state index is 6.33. The third kappa shape index (κ3) is 4.61. The molecule has 0 bridgehead atoms. The van der Waals surface area contributed by atoms with Crippen LogP contribution in [0.25, 0.3) is 10.9 Å². The Morgan fingerprint density at radius 3 is 2.24 bits per heavy atom. The molecule has 0 atom stereocenters. The first-order valence-corrected chi connectivity index (χ1v) is 13.5. The first-order valence-electron chi connectivity index (χ1n) is 10.6. The molecule has 4 nitrogen and oxygen atoms in total. The zero-order valence-corrected chi connectivity index (χ0v) is 20.6. The van der Waals surface area contributed by atoms with Crippen molar-refractivity contribution in [1.82, 2.24) is 4.98 Å². The maximum Gasteiger partial charge on any atom is 0.494 e. The summed E-state index contributed by atoms with van der Waals surface area (Å²) in [5, 5.41) is 1.34. The highest BCUT2D eigenvalue weighted by atomic mass is 28.4. The summed E-state index contributed by atoms with van der Waals surface area (Å²) in [5.41, 5.74) is 2.54. The molecule has 29 heavy (non-hydrogen) atoms. The van der Waals surface area contributed by atoms with Gasteiger partial charge in [0.2, 0.25) is 0 Å². The normalized spacial score (nSPS) is 19.1. The number of rotatable bonds is 5. The first-order chi connectivity index (χ1) is 13.2. The molecule has 0 unspecified atom stereocenters. The fraction of sp³-hybridized carbons (Fsp3) is 0.609. The van der Waals surface area contributed by atoms with Gasteiger partial charge in [0, 0.05) is 18.2 Å². The Balaban J connectivity index is 1.75. The molecule has 1 aliphatic heterocycles. The average Bonchev–Trinajstić information content (AvgIpc) is 2.81. The van der Waals surface area contributed by atoms with E-state index in [1.54, 1.807) is 0 Å². The lowest BCUT2D eigenvalue weighted by molar-refractivity contribution is 0.00578. The number of nitrogens with zero attached hydrogens (tertiary/aromatic N) is 1. The minimum atomic E-state index is -1.72. The van der Waals surface area contributed by atoms with Gasteiger partial charge in [-0.25, -0.2) is 0 Å². The minimum Gasteiger partial charge on any atom is -0.416 e. The number of aromatic nitrogens is 1. The van der Waals surface area contributed by atoms with Crippen LogP contribution in [0.15, 0.2) is 30.5 Å². The fourth-order valence-electron chi connectivity index (χ4n) is 3.10. The molecule has 6 heteroatoms. The lowest BCUT2D eigenvalue weighted by atomic mass is 9.78. The Kier molecular flexibility index (Phi) is 5.80. The van der Waals surface area contributed by atoms with Gasteiger partial charge < -0.3 is 13.7 Å². The zero-order chi connectivity index (χ0) is 21.7. The van der Waals surface area contributed by atoms with Gasteiger partial charge in [-0.2, -0.15) is 0 Å². The summed E-state index contributed by atoms with van der Waals surface area (Å²) in [5.74, 6) is 0. The van der Waals surface area contributed by atoms with Gasteiger partial charge in [-0.05, 0) is 75.4 Å². The molecule has 1 saturated heterocycles. The van der Waals surface area contributed by atoms with E-state index >= 15 is 0 Å². The van der Waals surface area contributed by atoms with Crippen molar-refractivity contribution in [2.75, 3.05) is 6.61 Å². The van der Waals surface area contributed by atoms with Gasteiger partial charge >= 0.3 is 7.12 Å². The van der Waals surface area contributed by atoms with Crippen LogP contribution in [-0.2, 0) is 20.2 Å². The molecule has 1 aromatic heterocycles. The second kappa shape index (κ2) is 7.49. The Labute approximate surface area is 177 Å². The SMILES string of the molecule is CC1(C)OB(c2ccc3ncc(CCO[Si](C)(C)C(C)(C)C)cc3c2)OC1(C)C. The van der Waals surface area contributed by atoms with E-state index in [9.17, 15) is 0 Å². The van der Waals surface area contributed by atoms with Crippen molar-refractivity contribution in [2.24, 2.45) is 0 Å². The van der Waals surface area contributed by atoms with Crippen LogP contribution in [0.4, 0.5) is 0 Å². The third-order valence-electron chi connectivity index (χ3n) is 6.95. The van der Waals surface area contributed by atoms with E-state index in [1.165, 1.54) is 5.56 Å². The van der Waals surface area contributed by atoms with Gasteiger partial charge in [0.15, 0.2) is 8.32 Å². The van der Waals surface area contributed by atoms with E-state index in [4.69, 9.17) is 13.7 Å². The fourth-order valence-corrected chi connectivity index (χ4v) is 4.14. The molecule has 1 aliphatic rings. The smallest absolute Gasteiger partial charge is 0.416 e. The van der Waals surface area contributed by atoms with Gasteiger partial charge in [0.25, 0.3) is 0 Å². The molecule has 0 amide bonds. The van der Waals surface area contributed by atoms with E-state index in [2.05, 4.69) is 84.7 Å². The van der Waals surface area contributed by atoms with E-state index in [0.717, 1.165) is 29.4 Å².